The number of benzene rings is 4. The summed E-state index contributed by atoms with van der Waals surface area (Å²) in [6.45, 7) is 12.5. The van der Waals surface area contributed by atoms with Crippen LogP contribution in [0.5, 0.6) is 0 Å². The molecule has 0 spiro atoms. The van der Waals surface area contributed by atoms with Crippen molar-refractivity contribution in [3.05, 3.63) is 120 Å². The zero-order valence-electron chi connectivity index (χ0n) is 32.5. The second-order valence-corrected chi connectivity index (χ2v) is 16.5. The molecule has 2 amide bonds. The molecule has 0 N–H and O–H groups in total. The molecule has 0 radical (unpaired) electrons. The van der Waals surface area contributed by atoms with E-state index in [4.69, 9.17) is 21.7 Å². The molecule has 284 valence electrons. The normalized spacial score (nSPS) is 17.0. The van der Waals surface area contributed by atoms with E-state index in [1.807, 2.05) is 120 Å². The van der Waals surface area contributed by atoms with E-state index in [0.717, 1.165) is 40.8 Å². The Morgan fingerprint density at radius 3 is 1.43 bits per heavy atom. The maximum atomic E-state index is 13.0. The number of thiocarbonyl (C=S) groups is 1. The first-order valence-electron chi connectivity index (χ1n) is 19.0. The van der Waals surface area contributed by atoms with Gasteiger partial charge in [-0.15, -0.1) is 0 Å². The van der Waals surface area contributed by atoms with E-state index >= 15 is 0 Å². The number of amides is 2. The van der Waals surface area contributed by atoms with E-state index in [0.29, 0.717) is 32.4 Å². The highest BCUT2D eigenvalue weighted by atomic mass is 32.1. The highest BCUT2D eigenvalue weighted by molar-refractivity contribution is 7.80. The molecule has 8 heteroatoms. The summed E-state index contributed by atoms with van der Waals surface area (Å²) in [5, 5.41) is 0. The fraction of sp³-hybridized carbons (Fsp3) is 0.391. The van der Waals surface area contributed by atoms with Gasteiger partial charge in [0, 0.05) is 30.8 Å². The summed E-state index contributed by atoms with van der Waals surface area (Å²) < 4.78 is 11.1. The molecular formula is C46H54N2O5S. The van der Waals surface area contributed by atoms with Gasteiger partial charge < -0.3 is 14.4 Å². The summed E-state index contributed by atoms with van der Waals surface area (Å²) in [6, 6.07) is 36.3. The number of likely N-dealkylation sites (tertiary alicyclic amines) is 2. The summed E-state index contributed by atoms with van der Waals surface area (Å²) in [6.07, 6.45) is 3.75. The molecule has 2 aliphatic rings. The Bertz CT molecular complexity index is 1760. The SMILES string of the molecule is CC(C)(C)OC(=O)N1CCC[C@H]1C(=O)Cc1ccccc1-c1ccccc1.CC(C)(C)OC(=O)N1CCC[C@H]1C(=S)Cc1ccccc1-c1ccccc1. The predicted octanol–water partition coefficient (Wildman–Crippen LogP) is 10.5. The molecule has 2 saturated heterocycles. The van der Waals surface area contributed by atoms with Crippen LogP contribution in [-0.4, -0.2) is 69.0 Å². The van der Waals surface area contributed by atoms with E-state index < -0.39 is 23.3 Å². The van der Waals surface area contributed by atoms with Crippen LogP contribution in [0.15, 0.2) is 109 Å². The number of nitrogens with zero attached hydrogens (tertiary/aromatic N) is 2. The molecule has 7 nitrogen and oxygen atoms in total. The van der Waals surface area contributed by atoms with Crippen LogP contribution >= 0.6 is 12.2 Å². The molecule has 4 aromatic carbocycles. The second kappa shape index (κ2) is 18.0. The number of hydrogen-bond donors (Lipinski definition) is 0. The van der Waals surface area contributed by atoms with E-state index in [1.165, 1.54) is 16.7 Å². The zero-order chi connectivity index (χ0) is 38.9. The molecule has 2 aliphatic heterocycles. The fourth-order valence-corrected chi connectivity index (χ4v) is 7.44. The van der Waals surface area contributed by atoms with Crippen LogP contribution in [0.4, 0.5) is 9.59 Å². The molecule has 2 fully saturated rings. The Morgan fingerprint density at radius 1 is 0.574 bits per heavy atom. The lowest BCUT2D eigenvalue weighted by molar-refractivity contribution is -0.122. The fourth-order valence-electron chi connectivity index (χ4n) is 7.04. The second-order valence-electron chi connectivity index (χ2n) is 16.0. The van der Waals surface area contributed by atoms with Gasteiger partial charge in [0.25, 0.3) is 0 Å². The lowest BCUT2D eigenvalue weighted by Gasteiger charge is -2.29. The highest BCUT2D eigenvalue weighted by Crippen LogP contribution is 2.29. The standard InChI is InChI=1S/C23H27NO3.C23H27NO2S/c1-23(2,3)27-22(26)24-15-9-14-20(24)21(25)16-18-12-7-8-13-19(18)17-10-5-4-6-11-17;1-23(2,3)26-22(25)24-15-9-14-20(24)21(27)16-18-12-7-8-13-19(18)17-10-5-4-6-11-17/h2*4-8,10-13,20H,9,14-16H2,1-3H3/t2*20-/m00/s1. The van der Waals surface area contributed by atoms with Crippen LogP contribution in [0.2, 0.25) is 0 Å². The molecule has 4 aromatic rings. The average Bonchev–Trinajstić information content (AvgIpc) is 3.83. The first-order chi connectivity index (χ1) is 25.7. The zero-order valence-corrected chi connectivity index (χ0v) is 33.4. The Balaban J connectivity index is 0.000000208. The van der Waals surface area contributed by atoms with Crippen LogP contribution in [0.3, 0.4) is 0 Å². The third-order valence-electron chi connectivity index (χ3n) is 9.44. The van der Waals surface area contributed by atoms with Crippen LogP contribution in [0.25, 0.3) is 22.3 Å². The van der Waals surface area contributed by atoms with E-state index in [-0.39, 0.29) is 17.9 Å². The molecule has 0 saturated carbocycles. The summed E-state index contributed by atoms with van der Waals surface area (Å²) in [5.41, 5.74) is 5.67. The van der Waals surface area contributed by atoms with Crippen LogP contribution in [0.1, 0.15) is 78.4 Å². The van der Waals surface area contributed by atoms with Crippen molar-refractivity contribution in [2.75, 3.05) is 13.1 Å². The van der Waals surface area contributed by atoms with Crippen molar-refractivity contribution in [2.45, 2.75) is 103 Å². The van der Waals surface area contributed by atoms with Gasteiger partial charge >= 0.3 is 12.2 Å². The average molecular weight is 747 g/mol. The smallest absolute Gasteiger partial charge is 0.410 e. The van der Waals surface area contributed by atoms with E-state index in [1.54, 1.807) is 9.80 Å². The number of rotatable bonds is 8. The molecule has 2 atom stereocenters. The number of carbonyl (C=O) groups is 3. The molecule has 54 heavy (non-hydrogen) atoms. The molecule has 6 rings (SSSR count). The van der Waals surface area contributed by atoms with Crippen molar-refractivity contribution in [1.29, 1.82) is 0 Å². The molecule has 0 bridgehead atoms. The van der Waals surface area contributed by atoms with E-state index in [9.17, 15) is 14.4 Å². The molecular weight excluding hydrogens is 693 g/mol. The van der Waals surface area contributed by atoms with Crippen molar-refractivity contribution in [3.8, 4) is 22.3 Å². The predicted molar refractivity (Wildman–Crippen MR) is 221 cm³/mol. The largest absolute Gasteiger partial charge is 0.444 e. The number of ether oxygens (including phenoxy) is 2. The van der Waals surface area contributed by atoms with E-state index in [2.05, 4.69) is 30.3 Å². The third-order valence-corrected chi connectivity index (χ3v) is 9.86. The number of Topliss-reactive ketones (excluding diaryl/α,β-unsaturated/α-hetero) is 1. The molecule has 0 aliphatic carbocycles. The van der Waals surface area contributed by atoms with Crippen molar-refractivity contribution in [2.24, 2.45) is 0 Å². The number of carbonyl (C=O) groups excluding carboxylic acids is 3. The summed E-state index contributed by atoms with van der Waals surface area (Å²) in [5.74, 6) is 0.0711. The Labute approximate surface area is 326 Å². The summed E-state index contributed by atoms with van der Waals surface area (Å²) >= 11 is 5.79. The van der Waals surface area contributed by atoms with Crippen molar-refractivity contribution < 1.29 is 23.9 Å². The van der Waals surface area contributed by atoms with Gasteiger partial charge in [-0.2, -0.15) is 0 Å². The topological polar surface area (TPSA) is 76.1 Å². The summed E-state index contributed by atoms with van der Waals surface area (Å²) in [4.78, 5) is 42.4. The first-order valence-corrected chi connectivity index (χ1v) is 19.4. The van der Waals surface area contributed by atoms with Crippen LogP contribution in [-0.2, 0) is 27.1 Å². The maximum absolute atomic E-state index is 13.0. The van der Waals surface area contributed by atoms with Crippen molar-refractivity contribution in [1.82, 2.24) is 9.80 Å². The molecule has 0 aromatic heterocycles. The molecule has 2 heterocycles. The number of hydrogen-bond acceptors (Lipinski definition) is 6. The van der Waals surface area contributed by atoms with Gasteiger partial charge in [-0.3, -0.25) is 9.69 Å². The van der Waals surface area contributed by atoms with Crippen molar-refractivity contribution in [3.63, 3.8) is 0 Å². The Hall–Kier alpha value is -4.82. The lowest BCUT2D eigenvalue weighted by atomic mass is 9.94. The monoisotopic (exact) mass is 746 g/mol. The minimum Gasteiger partial charge on any atom is -0.444 e. The minimum absolute atomic E-state index is 0.0290. The van der Waals surface area contributed by atoms with Gasteiger partial charge in [0.15, 0.2) is 5.78 Å². The lowest BCUT2D eigenvalue weighted by Crippen LogP contribution is -2.43. The first kappa shape index (κ1) is 40.4. The van der Waals surface area contributed by atoms with Gasteiger partial charge in [-0.1, -0.05) is 121 Å². The quantitative estimate of drug-likeness (QED) is 0.167. The Kier molecular flexibility index (Phi) is 13.5. The molecule has 0 unspecified atom stereocenters. The van der Waals surface area contributed by atoms with Crippen LogP contribution in [0, 0.1) is 0 Å². The maximum Gasteiger partial charge on any atom is 0.410 e. The van der Waals surface area contributed by atoms with Gasteiger partial charge in [0.2, 0.25) is 0 Å². The summed E-state index contributed by atoms with van der Waals surface area (Å²) in [7, 11) is 0. The Morgan fingerprint density at radius 2 is 0.963 bits per heavy atom. The van der Waals surface area contributed by atoms with Gasteiger partial charge in [0.1, 0.15) is 11.2 Å². The van der Waals surface area contributed by atoms with Crippen LogP contribution < -0.4 is 0 Å². The number of ketones is 1. The minimum atomic E-state index is -0.562. The van der Waals surface area contributed by atoms with Gasteiger partial charge in [0.05, 0.1) is 12.1 Å². The van der Waals surface area contributed by atoms with Gasteiger partial charge in [-0.25, -0.2) is 9.59 Å². The van der Waals surface area contributed by atoms with Gasteiger partial charge in [-0.05, 0) is 101 Å². The van der Waals surface area contributed by atoms with Crippen molar-refractivity contribution >= 4 is 35.1 Å². The highest BCUT2D eigenvalue weighted by Gasteiger charge is 2.37. The third kappa shape index (κ3) is 11.1.